The summed E-state index contributed by atoms with van der Waals surface area (Å²) in [6.45, 7) is 4.31. The van der Waals surface area contributed by atoms with Crippen LogP contribution in [-0.4, -0.2) is 29.7 Å². The molecule has 0 fully saturated rings. The number of benzene rings is 2. The Balaban J connectivity index is 2.63. The van der Waals surface area contributed by atoms with E-state index in [0.29, 0.717) is 5.75 Å². The van der Waals surface area contributed by atoms with Crippen molar-refractivity contribution < 1.29 is 40.8 Å². The van der Waals surface area contributed by atoms with E-state index in [1.165, 1.54) is 38.3 Å². The van der Waals surface area contributed by atoms with E-state index in [-0.39, 0.29) is 11.5 Å². The number of ether oxygens (including phenoxy) is 2. The Kier molecular flexibility index (Phi) is 6.91. The van der Waals surface area contributed by atoms with Gasteiger partial charge >= 0.3 is 5.97 Å². The van der Waals surface area contributed by atoms with Crippen molar-refractivity contribution in [3.05, 3.63) is 65.2 Å². The lowest BCUT2D eigenvalue weighted by molar-refractivity contribution is -0.138. The van der Waals surface area contributed by atoms with Crippen LogP contribution in [0.1, 0.15) is 17.3 Å². The van der Waals surface area contributed by atoms with Gasteiger partial charge < -0.3 is 9.47 Å². The highest BCUT2D eigenvalue weighted by Crippen LogP contribution is 2.31. The number of carbonyl (C=O) groups excluding carboxylic acids is 2. The maximum absolute atomic E-state index is 14.8. The van der Waals surface area contributed by atoms with Gasteiger partial charge in [-0.15, -0.1) is 0 Å². The lowest BCUT2D eigenvalue weighted by Crippen LogP contribution is -2.20. The summed E-state index contributed by atoms with van der Waals surface area (Å²) in [5, 5.41) is 0. The molecule has 0 radical (unpaired) electrons. The molecule has 1 unspecified atom stereocenters. The number of ketones is 1. The number of rotatable bonds is 7. The van der Waals surface area contributed by atoms with Crippen molar-refractivity contribution in [3.63, 3.8) is 0 Å². The van der Waals surface area contributed by atoms with Gasteiger partial charge in [0.05, 0.1) is 30.1 Å². The van der Waals surface area contributed by atoms with Crippen LogP contribution in [0.5, 0.6) is 5.75 Å². The molecular weight excluding hydrogens is 416 g/mol. The minimum Gasteiger partial charge on any atom is -0.497 e. The molecule has 2 aromatic carbocycles. The molecule has 10 heteroatoms. The van der Waals surface area contributed by atoms with Crippen LogP contribution in [0.3, 0.4) is 0 Å². The molecule has 0 bridgehead atoms. The summed E-state index contributed by atoms with van der Waals surface area (Å²) in [7, 11) is -1.31. The maximum atomic E-state index is 14.8. The summed E-state index contributed by atoms with van der Waals surface area (Å²) in [6.07, 6.45) is 0. The van der Waals surface area contributed by atoms with Crippen LogP contribution < -0.4 is 4.74 Å². The van der Waals surface area contributed by atoms with Crippen molar-refractivity contribution >= 4 is 22.6 Å². The van der Waals surface area contributed by atoms with E-state index >= 15 is 0 Å². The number of carbonyl (C=O) groups is 2. The average Bonchev–Trinajstić information content (AvgIpc) is 2.71. The fourth-order valence-corrected chi connectivity index (χ4v) is 3.39. The van der Waals surface area contributed by atoms with Crippen LogP contribution in [-0.2, 0) is 20.3 Å². The normalized spacial score (nSPS) is 11.7. The first-order valence-electron chi connectivity index (χ1n) is 7.98. The van der Waals surface area contributed by atoms with E-state index in [4.69, 9.17) is 4.74 Å². The Morgan fingerprint density at radius 1 is 1.00 bits per heavy atom. The van der Waals surface area contributed by atoms with Crippen LogP contribution in [0.15, 0.2) is 46.2 Å². The second-order valence-corrected chi connectivity index (χ2v) is 6.85. The summed E-state index contributed by atoms with van der Waals surface area (Å²) >= 11 is 0. The number of hydrogen-bond acceptors (Lipinski definition) is 5. The predicted octanol–water partition coefficient (Wildman–Crippen LogP) is 3.72. The van der Waals surface area contributed by atoms with Gasteiger partial charge in [-0.25, -0.2) is 26.6 Å². The summed E-state index contributed by atoms with van der Waals surface area (Å²) in [6, 6.07) is 5.04. The topological polar surface area (TPSA) is 69.7 Å². The molecule has 0 aromatic heterocycles. The molecule has 2 rings (SSSR count). The minimum atomic E-state index is -2.66. The molecule has 0 aliphatic rings. The van der Waals surface area contributed by atoms with Gasteiger partial charge in [0.1, 0.15) is 16.2 Å². The van der Waals surface area contributed by atoms with Crippen molar-refractivity contribution in [2.45, 2.75) is 16.7 Å². The number of Topliss-reactive ketones (excluding diaryl/α,β-unsaturated/α-hetero) is 1. The van der Waals surface area contributed by atoms with E-state index in [9.17, 15) is 31.4 Å². The molecule has 0 aliphatic heterocycles. The molecule has 0 spiro atoms. The van der Waals surface area contributed by atoms with Crippen LogP contribution in [0.25, 0.3) is 0 Å². The van der Waals surface area contributed by atoms with E-state index < -0.39 is 61.9 Å². The summed E-state index contributed by atoms with van der Waals surface area (Å²) < 4.78 is 79.3. The molecule has 0 heterocycles. The first-order chi connectivity index (χ1) is 13.6. The van der Waals surface area contributed by atoms with Crippen molar-refractivity contribution in [1.29, 1.82) is 0 Å². The first-order valence-corrected chi connectivity index (χ1v) is 9.13. The fraction of sp³-hybridized carbons (Fsp3) is 0.158. The Hall–Kier alpha value is -3.01. The zero-order valence-corrected chi connectivity index (χ0v) is 16.0. The Morgan fingerprint density at radius 2 is 1.59 bits per heavy atom. The highest BCUT2D eigenvalue weighted by molar-refractivity contribution is 7.85. The third-order valence-corrected chi connectivity index (χ3v) is 5.13. The van der Waals surface area contributed by atoms with Gasteiger partial charge in [0.15, 0.2) is 23.3 Å². The molecule has 5 nitrogen and oxygen atoms in total. The number of esters is 1. The van der Waals surface area contributed by atoms with Crippen molar-refractivity contribution in [3.8, 4) is 5.75 Å². The first kappa shape index (κ1) is 22.3. The lowest BCUT2D eigenvalue weighted by Gasteiger charge is -2.12. The zero-order valence-electron chi connectivity index (χ0n) is 15.2. The smallest absolute Gasteiger partial charge is 0.341 e. The monoisotopic (exact) mass is 430 g/mol. The molecule has 29 heavy (non-hydrogen) atoms. The highest BCUT2D eigenvalue weighted by Gasteiger charge is 2.34. The molecular formula is C19H14F4O5S. The van der Waals surface area contributed by atoms with Crippen molar-refractivity contribution in [2.75, 3.05) is 13.7 Å². The largest absolute Gasteiger partial charge is 0.497 e. The number of hydrogen-bond donors (Lipinski definition) is 0. The van der Waals surface area contributed by atoms with Crippen molar-refractivity contribution in [1.82, 2.24) is 0 Å². The Labute approximate surface area is 165 Å². The van der Waals surface area contributed by atoms with Crippen LogP contribution in [0, 0.1) is 23.3 Å². The second kappa shape index (κ2) is 8.99. The maximum Gasteiger partial charge on any atom is 0.341 e. The van der Waals surface area contributed by atoms with Gasteiger partial charge in [0.25, 0.3) is 0 Å². The third-order valence-electron chi connectivity index (χ3n) is 3.70. The van der Waals surface area contributed by atoms with Gasteiger partial charge in [0, 0.05) is 4.90 Å². The van der Waals surface area contributed by atoms with Gasteiger partial charge in [-0.2, -0.15) is 0 Å². The summed E-state index contributed by atoms with van der Waals surface area (Å²) in [4.78, 5) is 22.3. The predicted molar refractivity (Wildman–Crippen MR) is 94.0 cm³/mol. The molecule has 0 saturated heterocycles. The minimum absolute atomic E-state index is 0.166. The molecule has 0 amide bonds. The van der Waals surface area contributed by atoms with E-state index in [1.807, 2.05) is 0 Å². The van der Waals surface area contributed by atoms with Crippen LogP contribution in [0.4, 0.5) is 17.6 Å². The van der Waals surface area contributed by atoms with E-state index in [1.54, 1.807) is 0 Å². The average molecular weight is 430 g/mol. The Morgan fingerprint density at radius 3 is 2.10 bits per heavy atom. The molecule has 1 atom stereocenters. The summed E-state index contributed by atoms with van der Waals surface area (Å²) in [5.41, 5.74) is -2.60. The van der Waals surface area contributed by atoms with Crippen LogP contribution >= 0.6 is 0 Å². The van der Waals surface area contributed by atoms with Crippen LogP contribution in [0.2, 0.25) is 0 Å². The van der Waals surface area contributed by atoms with Gasteiger partial charge in [0.2, 0.25) is 5.78 Å². The summed E-state index contributed by atoms with van der Waals surface area (Å²) in [5.74, 6) is -11.0. The van der Waals surface area contributed by atoms with Gasteiger partial charge in [-0.1, -0.05) is 6.58 Å². The van der Waals surface area contributed by atoms with Gasteiger partial charge in [-0.3, -0.25) is 4.79 Å². The molecule has 0 aliphatic carbocycles. The molecule has 2 aromatic rings. The standard InChI is InChI=1S/C19H14F4O5S/c1-4-28-19(25)9(2)17(24)12-13(20)15(22)16(23)18(14(12)21)29(26)11-7-5-10(27-3)6-8-11/h5-8H,2,4H2,1,3H3. The fourth-order valence-electron chi connectivity index (χ4n) is 2.25. The van der Waals surface area contributed by atoms with E-state index in [2.05, 4.69) is 11.3 Å². The zero-order chi connectivity index (χ0) is 21.9. The van der Waals surface area contributed by atoms with Crippen molar-refractivity contribution in [2.24, 2.45) is 0 Å². The van der Waals surface area contributed by atoms with E-state index in [0.717, 1.165) is 0 Å². The molecule has 154 valence electrons. The third kappa shape index (κ3) is 4.21. The Bertz CT molecular complexity index is 1020. The second-order valence-electron chi connectivity index (χ2n) is 5.43. The van der Waals surface area contributed by atoms with Gasteiger partial charge in [-0.05, 0) is 31.2 Å². The quantitative estimate of drug-likeness (QED) is 0.0979. The molecule has 0 N–H and O–H groups in total. The highest BCUT2D eigenvalue weighted by atomic mass is 32.2. The number of methoxy groups -OCH3 is 1. The number of halogens is 4. The molecule has 0 saturated carbocycles. The lowest BCUT2D eigenvalue weighted by atomic mass is 10.0. The SMILES string of the molecule is C=C(C(=O)OCC)C(=O)c1c(F)c(F)c(F)c(S(=O)c2ccc(OC)cc2)c1F.